The fourth-order valence-electron chi connectivity index (χ4n) is 3.72. The summed E-state index contributed by atoms with van der Waals surface area (Å²) in [6, 6.07) is 16.3. The number of thiazole rings is 1. The van der Waals surface area contributed by atoms with E-state index in [9.17, 15) is 13.2 Å². The number of carbonyl (C=O) groups is 1. The lowest BCUT2D eigenvalue weighted by Gasteiger charge is -2.21. The van der Waals surface area contributed by atoms with Gasteiger partial charge in [-0.15, -0.1) is 11.3 Å². The third kappa shape index (κ3) is 4.49. The Hall–Kier alpha value is -2.71. The number of carbonyl (C=O) groups excluding carboxylic acids is 1. The molecule has 2 atom stereocenters. The lowest BCUT2D eigenvalue weighted by atomic mass is 9.94. The predicted molar refractivity (Wildman–Crippen MR) is 114 cm³/mol. The van der Waals surface area contributed by atoms with Crippen LogP contribution in [0, 0.1) is 0 Å². The maximum atomic E-state index is 12.7. The van der Waals surface area contributed by atoms with E-state index in [1.165, 1.54) is 47.4 Å². The normalized spacial score (nSPS) is 19.0. The number of nitrogens with zero attached hydrogens (tertiary/aromatic N) is 1. The van der Waals surface area contributed by atoms with E-state index in [1.807, 2.05) is 18.2 Å². The fraction of sp³-hybridized carbons (Fsp3) is 0.238. The number of sulfonamides is 1. The highest BCUT2D eigenvalue weighted by atomic mass is 32.2. The van der Waals surface area contributed by atoms with E-state index in [4.69, 9.17) is 0 Å². The van der Waals surface area contributed by atoms with Crippen molar-refractivity contribution in [3.8, 4) is 0 Å². The second-order valence-electron chi connectivity index (χ2n) is 7.00. The monoisotopic (exact) mass is 427 g/mol. The lowest BCUT2D eigenvalue weighted by Crippen LogP contribution is -2.36. The summed E-state index contributed by atoms with van der Waals surface area (Å²) in [6.45, 7) is 0. The maximum absolute atomic E-state index is 12.7. The molecule has 1 fully saturated rings. The average molecular weight is 428 g/mol. The van der Waals surface area contributed by atoms with Crippen molar-refractivity contribution in [3.05, 3.63) is 77.3 Å². The fourth-order valence-corrected chi connectivity index (χ4v) is 5.51. The molecule has 2 N–H and O–H groups in total. The SMILES string of the molecule is O=C(N[C@H]1CCC[C@@H]1c1ccccc1)c1ccc(S(=O)(=O)Nc2nccs2)cc1. The zero-order chi connectivity index (χ0) is 20.3. The molecule has 0 aliphatic heterocycles. The molecular formula is C21H21N3O3S2. The van der Waals surface area contributed by atoms with E-state index in [0.29, 0.717) is 16.6 Å². The second kappa shape index (κ2) is 8.34. The zero-order valence-corrected chi connectivity index (χ0v) is 17.2. The van der Waals surface area contributed by atoms with Gasteiger partial charge in [-0.05, 0) is 42.7 Å². The van der Waals surface area contributed by atoms with Gasteiger partial charge >= 0.3 is 0 Å². The van der Waals surface area contributed by atoms with E-state index in [2.05, 4.69) is 27.2 Å². The highest BCUT2D eigenvalue weighted by molar-refractivity contribution is 7.93. The molecule has 1 aromatic heterocycles. The minimum atomic E-state index is -3.73. The number of hydrogen-bond donors (Lipinski definition) is 2. The Kier molecular flexibility index (Phi) is 5.64. The van der Waals surface area contributed by atoms with E-state index < -0.39 is 10.0 Å². The van der Waals surface area contributed by atoms with Crippen LogP contribution in [0.4, 0.5) is 5.13 Å². The summed E-state index contributed by atoms with van der Waals surface area (Å²) in [6.07, 6.45) is 4.59. The number of rotatable bonds is 6. The Morgan fingerprint density at radius 2 is 1.79 bits per heavy atom. The number of benzene rings is 2. The summed E-state index contributed by atoms with van der Waals surface area (Å²) in [5.41, 5.74) is 1.68. The molecule has 0 spiro atoms. The predicted octanol–water partition coefficient (Wildman–Crippen LogP) is 4.01. The minimum Gasteiger partial charge on any atom is -0.349 e. The van der Waals surface area contributed by atoms with Gasteiger partial charge in [0, 0.05) is 29.1 Å². The van der Waals surface area contributed by atoms with Crippen molar-refractivity contribution in [2.75, 3.05) is 4.72 Å². The Bertz CT molecular complexity index is 1070. The van der Waals surface area contributed by atoms with Gasteiger partial charge in [0.2, 0.25) is 0 Å². The van der Waals surface area contributed by atoms with Crippen LogP contribution in [0.2, 0.25) is 0 Å². The first-order valence-corrected chi connectivity index (χ1v) is 11.8. The van der Waals surface area contributed by atoms with Crippen LogP contribution in [-0.2, 0) is 10.0 Å². The smallest absolute Gasteiger partial charge is 0.263 e. The Balaban J connectivity index is 1.44. The van der Waals surface area contributed by atoms with Crippen molar-refractivity contribution in [2.24, 2.45) is 0 Å². The van der Waals surface area contributed by atoms with Crippen molar-refractivity contribution in [1.82, 2.24) is 10.3 Å². The van der Waals surface area contributed by atoms with Gasteiger partial charge in [-0.3, -0.25) is 9.52 Å². The Morgan fingerprint density at radius 1 is 1.03 bits per heavy atom. The maximum Gasteiger partial charge on any atom is 0.263 e. The van der Waals surface area contributed by atoms with E-state index >= 15 is 0 Å². The first-order valence-electron chi connectivity index (χ1n) is 9.41. The van der Waals surface area contributed by atoms with E-state index in [1.54, 1.807) is 5.38 Å². The van der Waals surface area contributed by atoms with Crippen LogP contribution in [0.25, 0.3) is 0 Å². The van der Waals surface area contributed by atoms with Gasteiger partial charge in [0.1, 0.15) is 0 Å². The number of hydrogen-bond acceptors (Lipinski definition) is 5. The summed E-state index contributed by atoms with van der Waals surface area (Å²) in [5.74, 6) is 0.122. The van der Waals surface area contributed by atoms with Crippen LogP contribution >= 0.6 is 11.3 Å². The summed E-state index contributed by atoms with van der Waals surface area (Å²) in [7, 11) is -3.73. The van der Waals surface area contributed by atoms with Crippen LogP contribution in [0.5, 0.6) is 0 Å². The van der Waals surface area contributed by atoms with Gasteiger partial charge < -0.3 is 5.32 Å². The molecular weight excluding hydrogens is 406 g/mol. The molecule has 1 amide bonds. The number of anilines is 1. The largest absolute Gasteiger partial charge is 0.349 e. The molecule has 1 aliphatic carbocycles. The number of nitrogens with one attached hydrogen (secondary N) is 2. The first kappa shape index (κ1) is 19.6. The van der Waals surface area contributed by atoms with Gasteiger partial charge in [-0.2, -0.15) is 0 Å². The van der Waals surface area contributed by atoms with E-state index in [0.717, 1.165) is 19.3 Å². The third-order valence-electron chi connectivity index (χ3n) is 5.14. The Labute approximate surface area is 174 Å². The standard InChI is InChI=1S/C21H21N3O3S2/c25-20(23-19-8-4-7-18(19)15-5-2-1-3-6-15)16-9-11-17(12-10-16)29(26,27)24-21-22-13-14-28-21/h1-3,5-6,9-14,18-19H,4,7-8H2,(H,22,24)(H,23,25)/t18-,19+/m1/s1. The van der Waals surface area contributed by atoms with Gasteiger partial charge in [0.15, 0.2) is 5.13 Å². The molecule has 4 rings (SSSR count). The molecule has 2 aromatic carbocycles. The third-order valence-corrected chi connectivity index (χ3v) is 7.31. The molecule has 1 aliphatic rings. The average Bonchev–Trinajstić information content (AvgIpc) is 3.40. The summed E-state index contributed by atoms with van der Waals surface area (Å²) in [5, 5.41) is 5.12. The van der Waals surface area contributed by atoms with Gasteiger partial charge in [0.25, 0.3) is 15.9 Å². The van der Waals surface area contributed by atoms with Gasteiger partial charge in [0.05, 0.1) is 4.90 Å². The zero-order valence-electron chi connectivity index (χ0n) is 15.6. The summed E-state index contributed by atoms with van der Waals surface area (Å²) >= 11 is 1.20. The van der Waals surface area contributed by atoms with E-state index in [-0.39, 0.29) is 16.8 Å². The topological polar surface area (TPSA) is 88.2 Å². The lowest BCUT2D eigenvalue weighted by molar-refractivity contribution is 0.0934. The number of aromatic nitrogens is 1. The summed E-state index contributed by atoms with van der Waals surface area (Å²) < 4.78 is 27.3. The van der Waals surface area contributed by atoms with Crippen LogP contribution in [0.3, 0.4) is 0 Å². The highest BCUT2D eigenvalue weighted by Crippen LogP contribution is 2.34. The van der Waals surface area contributed by atoms with Crippen LogP contribution in [-0.4, -0.2) is 25.4 Å². The van der Waals surface area contributed by atoms with Crippen molar-refractivity contribution < 1.29 is 13.2 Å². The molecule has 0 saturated heterocycles. The molecule has 1 saturated carbocycles. The van der Waals surface area contributed by atoms with Gasteiger partial charge in [-0.25, -0.2) is 13.4 Å². The van der Waals surface area contributed by atoms with Crippen molar-refractivity contribution >= 4 is 32.4 Å². The molecule has 1 heterocycles. The molecule has 3 aromatic rings. The molecule has 150 valence electrons. The second-order valence-corrected chi connectivity index (χ2v) is 9.57. The molecule has 6 nitrogen and oxygen atoms in total. The minimum absolute atomic E-state index is 0.0832. The van der Waals surface area contributed by atoms with Crippen LogP contribution < -0.4 is 10.0 Å². The molecule has 0 radical (unpaired) electrons. The van der Waals surface area contributed by atoms with Crippen molar-refractivity contribution in [2.45, 2.75) is 36.1 Å². The molecule has 0 bridgehead atoms. The van der Waals surface area contributed by atoms with Gasteiger partial charge in [-0.1, -0.05) is 36.8 Å². The number of amides is 1. The summed E-state index contributed by atoms with van der Waals surface area (Å²) in [4.78, 5) is 16.7. The molecule has 0 unspecified atom stereocenters. The quantitative estimate of drug-likeness (QED) is 0.622. The van der Waals surface area contributed by atoms with Crippen molar-refractivity contribution in [3.63, 3.8) is 0 Å². The first-order chi connectivity index (χ1) is 14.0. The molecule has 29 heavy (non-hydrogen) atoms. The van der Waals surface area contributed by atoms with Crippen molar-refractivity contribution in [1.29, 1.82) is 0 Å². The Morgan fingerprint density at radius 3 is 2.48 bits per heavy atom. The van der Waals surface area contributed by atoms with Crippen LogP contribution in [0.15, 0.2) is 71.1 Å². The highest BCUT2D eigenvalue weighted by Gasteiger charge is 2.30. The van der Waals surface area contributed by atoms with Crippen LogP contribution in [0.1, 0.15) is 41.1 Å². The molecule has 8 heteroatoms.